The number of carbonyl (C=O) groups excluding carboxylic acids is 2. The lowest BCUT2D eigenvalue weighted by molar-refractivity contribution is -0.126. The van der Waals surface area contributed by atoms with Crippen molar-refractivity contribution in [2.75, 3.05) is 0 Å². The Balaban J connectivity index is 1.94. The van der Waals surface area contributed by atoms with Crippen molar-refractivity contribution < 1.29 is 9.59 Å². The van der Waals surface area contributed by atoms with Crippen molar-refractivity contribution in [2.45, 2.75) is 19.0 Å². The first-order chi connectivity index (χ1) is 9.06. The molecule has 0 spiro atoms. The standard InChI is InChI=1S/C12H14N4O2S/c13-7(5-10(14)17)12(18)15-6-11-16-8-3-1-2-4-9(8)19-11/h1-4,7H,5-6,13H2,(H2,14,17)(H,15,18). The van der Waals surface area contributed by atoms with Gasteiger partial charge in [0.1, 0.15) is 5.01 Å². The summed E-state index contributed by atoms with van der Waals surface area (Å²) in [5.41, 5.74) is 11.4. The third-order valence-corrected chi connectivity index (χ3v) is 3.55. The zero-order valence-electron chi connectivity index (χ0n) is 10.1. The minimum atomic E-state index is -0.910. The van der Waals surface area contributed by atoms with E-state index in [-0.39, 0.29) is 6.42 Å². The molecule has 2 aromatic rings. The highest BCUT2D eigenvalue weighted by Crippen LogP contribution is 2.21. The van der Waals surface area contributed by atoms with Crippen molar-refractivity contribution >= 4 is 33.4 Å². The molecular formula is C12H14N4O2S. The number of aromatic nitrogens is 1. The van der Waals surface area contributed by atoms with Crippen molar-refractivity contribution in [1.82, 2.24) is 10.3 Å². The van der Waals surface area contributed by atoms with Crippen LogP contribution in [0.3, 0.4) is 0 Å². The number of hydrogen-bond donors (Lipinski definition) is 3. The van der Waals surface area contributed by atoms with E-state index < -0.39 is 17.9 Å². The lowest BCUT2D eigenvalue weighted by Gasteiger charge is -2.08. The van der Waals surface area contributed by atoms with E-state index in [0.29, 0.717) is 6.54 Å². The fourth-order valence-corrected chi connectivity index (χ4v) is 2.51. The Morgan fingerprint density at radius 1 is 1.37 bits per heavy atom. The topological polar surface area (TPSA) is 111 Å². The fourth-order valence-electron chi connectivity index (χ4n) is 1.60. The maximum absolute atomic E-state index is 11.6. The molecule has 0 fully saturated rings. The molecule has 0 bridgehead atoms. The third kappa shape index (κ3) is 3.49. The van der Waals surface area contributed by atoms with Crippen molar-refractivity contribution in [2.24, 2.45) is 11.5 Å². The minimum absolute atomic E-state index is 0.161. The van der Waals surface area contributed by atoms with Crippen LogP contribution in [0.5, 0.6) is 0 Å². The van der Waals surface area contributed by atoms with Crippen LogP contribution < -0.4 is 16.8 Å². The van der Waals surface area contributed by atoms with Crippen LogP contribution in [0.1, 0.15) is 11.4 Å². The predicted molar refractivity (Wildman–Crippen MR) is 73.3 cm³/mol. The van der Waals surface area contributed by atoms with Crippen molar-refractivity contribution in [3.63, 3.8) is 0 Å². The number of hydrogen-bond acceptors (Lipinski definition) is 5. The van der Waals surface area contributed by atoms with E-state index in [0.717, 1.165) is 15.2 Å². The average Bonchev–Trinajstić information content (AvgIpc) is 2.77. The summed E-state index contributed by atoms with van der Waals surface area (Å²) in [6.07, 6.45) is -0.161. The smallest absolute Gasteiger partial charge is 0.237 e. The maximum Gasteiger partial charge on any atom is 0.237 e. The summed E-state index contributed by atoms with van der Waals surface area (Å²) in [5, 5.41) is 3.43. The maximum atomic E-state index is 11.6. The number of thiazole rings is 1. The van der Waals surface area contributed by atoms with E-state index in [1.807, 2.05) is 24.3 Å². The van der Waals surface area contributed by atoms with E-state index in [9.17, 15) is 9.59 Å². The van der Waals surface area contributed by atoms with Crippen molar-refractivity contribution in [3.8, 4) is 0 Å². The van der Waals surface area contributed by atoms with E-state index in [2.05, 4.69) is 10.3 Å². The van der Waals surface area contributed by atoms with Crippen LogP contribution in [0.15, 0.2) is 24.3 Å². The van der Waals surface area contributed by atoms with Crippen LogP contribution in [-0.2, 0) is 16.1 Å². The van der Waals surface area contributed by atoms with E-state index in [1.165, 1.54) is 11.3 Å². The van der Waals surface area contributed by atoms with Crippen LogP contribution in [-0.4, -0.2) is 22.8 Å². The molecule has 100 valence electrons. The van der Waals surface area contributed by atoms with E-state index in [4.69, 9.17) is 11.5 Å². The van der Waals surface area contributed by atoms with Gasteiger partial charge in [-0.1, -0.05) is 12.1 Å². The number of para-hydroxylation sites is 1. The van der Waals surface area contributed by atoms with Crippen molar-refractivity contribution in [1.29, 1.82) is 0 Å². The van der Waals surface area contributed by atoms with E-state index in [1.54, 1.807) is 0 Å². The van der Waals surface area contributed by atoms with Gasteiger partial charge >= 0.3 is 0 Å². The first-order valence-corrected chi connectivity index (χ1v) is 6.54. The molecule has 1 aromatic carbocycles. The largest absolute Gasteiger partial charge is 0.370 e. The van der Waals surface area contributed by atoms with Gasteiger partial charge in [-0.15, -0.1) is 11.3 Å². The molecule has 1 heterocycles. The quantitative estimate of drug-likeness (QED) is 0.721. The number of primary amides is 1. The molecule has 5 N–H and O–H groups in total. The Morgan fingerprint density at radius 2 is 2.11 bits per heavy atom. The van der Waals surface area contributed by atoms with Gasteiger partial charge in [0.05, 0.1) is 29.2 Å². The first kappa shape index (κ1) is 13.4. The van der Waals surface area contributed by atoms with Gasteiger partial charge in [-0.3, -0.25) is 9.59 Å². The molecule has 6 nitrogen and oxygen atoms in total. The molecular weight excluding hydrogens is 264 g/mol. The summed E-state index contributed by atoms with van der Waals surface area (Å²) in [7, 11) is 0. The SMILES string of the molecule is NC(=O)CC(N)C(=O)NCc1nc2ccccc2s1. The number of fused-ring (bicyclic) bond motifs is 1. The second-order valence-electron chi connectivity index (χ2n) is 4.07. The summed E-state index contributed by atoms with van der Waals surface area (Å²) in [6.45, 7) is 0.296. The molecule has 1 aromatic heterocycles. The monoisotopic (exact) mass is 278 g/mol. The van der Waals surface area contributed by atoms with Gasteiger partial charge in [-0.05, 0) is 12.1 Å². The van der Waals surface area contributed by atoms with Gasteiger partial charge in [0.15, 0.2) is 0 Å². The molecule has 2 rings (SSSR count). The average molecular weight is 278 g/mol. The summed E-state index contributed by atoms with van der Waals surface area (Å²) in [4.78, 5) is 26.6. The van der Waals surface area contributed by atoms with Crippen LogP contribution in [0.4, 0.5) is 0 Å². The van der Waals surface area contributed by atoms with Gasteiger partial charge in [0, 0.05) is 0 Å². The molecule has 2 amide bonds. The normalized spacial score (nSPS) is 12.3. The number of carbonyl (C=O) groups is 2. The zero-order valence-corrected chi connectivity index (χ0v) is 10.9. The fraction of sp³-hybridized carbons (Fsp3) is 0.250. The zero-order chi connectivity index (χ0) is 13.8. The number of amides is 2. The summed E-state index contributed by atoms with van der Waals surface area (Å²) >= 11 is 1.51. The molecule has 0 aliphatic carbocycles. The predicted octanol–water partition coefficient (Wildman–Crippen LogP) is 0.115. The lowest BCUT2D eigenvalue weighted by atomic mass is 10.2. The molecule has 0 aliphatic heterocycles. The van der Waals surface area contributed by atoms with Crippen LogP contribution >= 0.6 is 11.3 Å². The van der Waals surface area contributed by atoms with E-state index >= 15 is 0 Å². The first-order valence-electron chi connectivity index (χ1n) is 5.72. The number of nitrogens with zero attached hydrogens (tertiary/aromatic N) is 1. The Morgan fingerprint density at radius 3 is 2.79 bits per heavy atom. The highest BCUT2D eigenvalue weighted by atomic mass is 32.1. The number of nitrogens with one attached hydrogen (secondary N) is 1. The molecule has 0 saturated heterocycles. The number of nitrogens with two attached hydrogens (primary N) is 2. The van der Waals surface area contributed by atoms with Gasteiger partial charge in [-0.2, -0.15) is 0 Å². The van der Waals surface area contributed by atoms with Gasteiger partial charge < -0.3 is 16.8 Å². The molecule has 1 atom stereocenters. The summed E-state index contributed by atoms with van der Waals surface area (Å²) in [6, 6.07) is 6.82. The summed E-state index contributed by atoms with van der Waals surface area (Å²) in [5.74, 6) is -0.999. The molecule has 7 heteroatoms. The Bertz CT molecular complexity index is 578. The van der Waals surface area contributed by atoms with Gasteiger partial charge in [0.2, 0.25) is 11.8 Å². The van der Waals surface area contributed by atoms with Crippen LogP contribution in [0.2, 0.25) is 0 Å². The second kappa shape index (κ2) is 5.77. The van der Waals surface area contributed by atoms with Gasteiger partial charge in [-0.25, -0.2) is 4.98 Å². The Kier molecular flexibility index (Phi) is 4.08. The molecule has 1 unspecified atom stereocenters. The van der Waals surface area contributed by atoms with Crippen LogP contribution in [0.25, 0.3) is 10.2 Å². The molecule has 0 saturated carbocycles. The van der Waals surface area contributed by atoms with Gasteiger partial charge in [0.25, 0.3) is 0 Å². The molecule has 0 aliphatic rings. The summed E-state index contributed by atoms with van der Waals surface area (Å²) < 4.78 is 1.06. The lowest BCUT2D eigenvalue weighted by Crippen LogP contribution is -2.42. The minimum Gasteiger partial charge on any atom is -0.370 e. The number of benzene rings is 1. The molecule has 0 radical (unpaired) electrons. The van der Waals surface area contributed by atoms with Crippen LogP contribution in [0, 0.1) is 0 Å². The Labute approximate surface area is 113 Å². The highest BCUT2D eigenvalue weighted by Gasteiger charge is 2.16. The molecule has 19 heavy (non-hydrogen) atoms. The third-order valence-electron chi connectivity index (χ3n) is 2.51. The Hall–Kier alpha value is -1.99. The number of rotatable bonds is 5. The highest BCUT2D eigenvalue weighted by molar-refractivity contribution is 7.18. The van der Waals surface area contributed by atoms with Crippen molar-refractivity contribution in [3.05, 3.63) is 29.3 Å². The second-order valence-corrected chi connectivity index (χ2v) is 5.19.